The normalized spacial score (nSPS) is 11.1. The Morgan fingerprint density at radius 1 is 0.258 bits per heavy atom. The van der Waals surface area contributed by atoms with Crippen molar-refractivity contribution >= 4 is 31.9 Å². The molecule has 0 radical (unpaired) electrons. The number of hydrogen-bond acceptors (Lipinski definition) is 4. The summed E-state index contributed by atoms with van der Waals surface area (Å²) >= 11 is 7.23. The van der Waals surface area contributed by atoms with Crippen molar-refractivity contribution in [1.82, 2.24) is 19.9 Å². The van der Waals surface area contributed by atoms with Gasteiger partial charge < -0.3 is 0 Å². The Kier molecular flexibility index (Phi) is 11.0. The fourth-order valence-electron chi connectivity index (χ4n) is 8.04. The van der Waals surface area contributed by atoms with Gasteiger partial charge in [0.1, 0.15) is 0 Å². The first-order chi connectivity index (χ1) is 30.5. The van der Waals surface area contributed by atoms with Crippen LogP contribution in [0.5, 0.6) is 0 Å². The zero-order valence-corrected chi connectivity index (χ0v) is 36.5. The van der Waals surface area contributed by atoms with Gasteiger partial charge in [0.05, 0.1) is 11.4 Å². The maximum Gasteiger partial charge on any atom is 0.159 e. The summed E-state index contributed by atoms with van der Waals surface area (Å²) < 4.78 is 2.05. The van der Waals surface area contributed by atoms with Crippen molar-refractivity contribution in [3.8, 4) is 101 Å². The summed E-state index contributed by atoms with van der Waals surface area (Å²) in [5, 5.41) is 0. The first kappa shape index (κ1) is 39.0. The van der Waals surface area contributed by atoms with Crippen LogP contribution < -0.4 is 0 Å². The number of rotatable bonds is 9. The van der Waals surface area contributed by atoms with Gasteiger partial charge in [-0.3, -0.25) is 9.97 Å². The lowest BCUT2D eigenvalue weighted by Crippen LogP contribution is -1.93. The van der Waals surface area contributed by atoms with E-state index in [2.05, 4.69) is 206 Å². The molecule has 10 aromatic rings. The zero-order chi connectivity index (χ0) is 41.8. The molecule has 62 heavy (non-hydrogen) atoms. The minimum atomic E-state index is 0.706. The lowest BCUT2D eigenvalue weighted by Gasteiger charge is -2.18. The second-order valence-corrected chi connectivity index (χ2v) is 16.8. The summed E-state index contributed by atoms with van der Waals surface area (Å²) in [6.45, 7) is 0. The first-order valence-electron chi connectivity index (χ1n) is 20.3. The molecule has 0 saturated carbocycles. The quantitative estimate of drug-likeness (QED) is 0.145. The standard InChI is InChI=1S/C56H36Br2N4/c57-46-12-7-10-39(33-46)54-26-24-41(35-61-54)49-15-2-5-18-52(49)44-30-43(51-17-4-1-14-48(51)37-20-22-38(23-21-37)56-59-28-9-29-60-56)31-45(32-44)53-19-6-3-16-50(53)42-25-27-55(62-36-42)40-11-8-13-47(58)34-40/h1-36H. The second-order valence-electron chi connectivity index (χ2n) is 15.0. The average Bonchev–Trinajstić information content (AvgIpc) is 3.34. The van der Waals surface area contributed by atoms with Crippen LogP contribution in [0.2, 0.25) is 0 Å². The van der Waals surface area contributed by atoms with Crippen LogP contribution in [0.4, 0.5) is 0 Å². The van der Waals surface area contributed by atoms with Crippen LogP contribution in [0.15, 0.2) is 228 Å². The monoisotopic (exact) mass is 922 g/mol. The van der Waals surface area contributed by atoms with E-state index in [0.717, 1.165) is 104 Å². The molecule has 0 aliphatic heterocycles. The number of hydrogen-bond donors (Lipinski definition) is 0. The van der Waals surface area contributed by atoms with Crippen LogP contribution in [0.25, 0.3) is 101 Å². The number of halogens is 2. The molecular formula is C56H36Br2N4. The maximum atomic E-state index is 4.94. The van der Waals surface area contributed by atoms with E-state index in [1.807, 2.05) is 42.7 Å². The highest BCUT2D eigenvalue weighted by atomic mass is 79.9. The summed E-state index contributed by atoms with van der Waals surface area (Å²) in [6.07, 6.45) is 7.52. The van der Waals surface area contributed by atoms with Crippen LogP contribution in [0.1, 0.15) is 0 Å². The number of nitrogens with zero attached hydrogens (tertiary/aromatic N) is 4. The van der Waals surface area contributed by atoms with Crippen molar-refractivity contribution in [2.45, 2.75) is 0 Å². The van der Waals surface area contributed by atoms with Gasteiger partial charge >= 0.3 is 0 Å². The van der Waals surface area contributed by atoms with Crippen LogP contribution in [0.3, 0.4) is 0 Å². The minimum Gasteiger partial charge on any atom is -0.256 e. The predicted octanol–water partition coefficient (Wildman–Crippen LogP) is 15.8. The average molecular weight is 925 g/mol. The molecular weight excluding hydrogens is 888 g/mol. The number of benzene rings is 7. The van der Waals surface area contributed by atoms with Crippen molar-refractivity contribution in [3.63, 3.8) is 0 Å². The van der Waals surface area contributed by atoms with Gasteiger partial charge in [0.2, 0.25) is 0 Å². The van der Waals surface area contributed by atoms with Crippen LogP contribution in [0, 0.1) is 0 Å². The molecule has 0 amide bonds. The summed E-state index contributed by atoms with van der Waals surface area (Å²) in [7, 11) is 0. The highest BCUT2D eigenvalue weighted by Gasteiger charge is 2.17. The molecule has 0 aliphatic rings. The van der Waals surface area contributed by atoms with Crippen molar-refractivity contribution in [3.05, 3.63) is 228 Å². The minimum absolute atomic E-state index is 0.706. The molecule has 0 atom stereocenters. The third kappa shape index (κ3) is 8.18. The number of aromatic nitrogens is 4. The molecule has 10 rings (SSSR count). The smallest absolute Gasteiger partial charge is 0.159 e. The van der Waals surface area contributed by atoms with Crippen LogP contribution >= 0.6 is 31.9 Å². The van der Waals surface area contributed by atoms with Crippen molar-refractivity contribution < 1.29 is 0 Å². The molecule has 0 aliphatic carbocycles. The molecule has 0 saturated heterocycles. The van der Waals surface area contributed by atoms with E-state index < -0.39 is 0 Å². The van der Waals surface area contributed by atoms with Gasteiger partial charge in [0, 0.05) is 61.6 Å². The van der Waals surface area contributed by atoms with Gasteiger partial charge in [0.15, 0.2) is 5.82 Å². The molecule has 0 spiro atoms. The SMILES string of the molecule is Brc1cccc(-c2ccc(-c3ccccc3-c3cc(-c4ccccc4-c4ccc(-c5ncccn5)cc4)cc(-c4ccccc4-c4ccc(-c5cccc(Br)c5)nc4)c3)cn2)c1. The fraction of sp³-hybridized carbons (Fsp3) is 0. The molecule has 0 bridgehead atoms. The van der Waals surface area contributed by atoms with Crippen molar-refractivity contribution in [1.29, 1.82) is 0 Å². The van der Waals surface area contributed by atoms with Gasteiger partial charge in [-0.05, 0) is 116 Å². The van der Waals surface area contributed by atoms with Crippen LogP contribution in [-0.4, -0.2) is 19.9 Å². The Hall–Kier alpha value is -7.12. The zero-order valence-electron chi connectivity index (χ0n) is 33.3. The molecule has 4 nitrogen and oxygen atoms in total. The highest BCUT2D eigenvalue weighted by Crippen LogP contribution is 2.42. The van der Waals surface area contributed by atoms with E-state index in [9.17, 15) is 0 Å². The second kappa shape index (κ2) is 17.5. The van der Waals surface area contributed by atoms with Gasteiger partial charge in [-0.15, -0.1) is 0 Å². The molecule has 0 fully saturated rings. The Morgan fingerprint density at radius 3 is 1.02 bits per heavy atom. The van der Waals surface area contributed by atoms with Gasteiger partial charge in [0.25, 0.3) is 0 Å². The summed E-state index contributed by atoms with van der Waals surface area (Å²) in [5.74, 6) is 0.706. The maximum absolute atomic E-state index is 4.94. The Morgan fingerprint density at radius 2 is 0.629 bits per heavy atom. The van der Waals surface area contributed by atoms with E-state index in [-0.39, 0.29) is 0 Å². The lowest BCUT2D eigenvalue weighted by atomic mass is 9.86. The van der Waals surface area contributed by atoms with E-state index in [0.29, 0.717) is 5.82 Å². The highest BCUT2D eigenvalue weighted by molar-refractivity contribution is 9.10. The van der Waals surface area contributed by atoms with Gasteiger partial charge in [-0.2, -0.15) is 0 Å². The third-order valence-electron chi connectivity index (χ3n) is 11.1. The lowest BCUT2D eigenvalue weighted by molar-refractivity contribution is 1.18. The molecule has 3 aromatic heterocycles. The molecule has 3 heterocycles. The van der Waals surface area contributed by atoms with Gasteiger partial charge in [-0.1, -0.05) is 165 Å². The Labute approximate surface area is 378 Å². The van der Waals surface area contributed by atoms with E-state index in [1.54, 1.807) is 12.4 Å². The van der Waals surface area contributed by atoms with Crippen LogP contribution in [-0.2, 0) is 0 Å². The van der Waals surface area contributed by atoms with Crippen molar-refractivity contribution in [2.24, 2.45) is 0 Å². The Bertz CT molecular complexity index is 3030. The summed E-state index contributed by atoms with van der Waals surface area (Å²) in [4.78, 5) is 18.8. The third-order valence-corrected chi connectivity index (χ3v) is 12.0. The molecule has 0 unspecified atom stereocenters. The summed E-state index contributed by atoms with van der Waals surface area (Å²) in [5.41, 5.74) is 18.2. The molecule has 0 N–H and O–H groups in total. The molecule has 6 heteroatoms. The van der Waals surface area contributed by atoms with E-state index >= 15 is 0 Å². The predicted molar refractivity (Wildman–Crippen MR) is 262 cm³/mol. The van der Waals surface area contributed by atoms with E-state index in [4.69, 9.17) is 9.97 Å². The number of pyridine rings is 2. The first-order valence-corrected chi connectivity index (χ1v) is 21.9. The summed E-state index contributed by atoms with van der Waals surface area (Å²) in [6, 6.07) is 68.3. The van der Waals surface area contributed by atoms with E-state index in [1.165, 1.54) is 0 Å². The molecule has 294 valence electrons. The topological polar surface area (TPSA) is 51.6 Å². The fourth-order valence-corrected chi connectivity index (χ4v) is 8.84. The largest absolute Gasteiger partial charge is 0.256 e. The molecule has 7 aromatic carbocycles. The Balaban J connectivity index is 1.11. The van der Waals surface area contributed by atoms with Gasteiger partial charge in [-0.25, -0.2) is 9.97 Å². The van der Waals surface area contributed by atoms with Crippen molar-refractivity contribution in [2.75, 3.05) is 0 Å².